The van der Waals surface area contributed by atoms with Crippen molar-refractivity contribution in [3.8, 4) is 5.75 Å². The molecule has 126 valence electrons. The number of benzene rings is 1. The van der Waals surface area contributed by atoms with Gasteiger partial charge in [-0.2, -0.15) is 0 Å². The minimum Gasteiger partial charge on any atom is -0.495 e. The number of hydrogen-bond donors (Lipinski definition) is 2. The smallest absolute Gasteiger partial charge is 0.324 e. The molecule has 1 fully saturated rings. The molecule has 0 saturated carbocycles. The van der Waals surface area contributed by atoms with Gasteiger partial charge in [0.2, 0.25) is 0 Å². The van der Waals surface area contributed by atoms with Gasteiger partial charge in [0.1, 0.15) is 23.7 Å². The van der Waals surface area contributed by atoms with E-state index in [1.54, 1.807) is 25.3 Å². The molecule has 1 saturated heterocycles. The van der Waals surface area contributed by atoms with E-state index >= 15 is 0 Å². The molecule has 2 amide bonds. The molecule has 8 nitrogen and oxygen atoms in total. The summed E-state index contributed by atoms with van der Waals surface area (Å²) in [4.78, 5) is 22.6. The Morgan fingerprint density at radius 1 is 1.21 bits per heavy atom. The van der Waals surface area contributed by atoms with E-state index in [9.17, 15) is 4.79 Å². The third kappa shape index (κ3) is 3.90. The van der Waals surface area contributed by atoms with Crippen molar-refractivity contribution in [2.45, 2.75) is 0 Å². The second-order valence-electron chi connectivity index (χ2n) is 5.14. The predicted molar refractivity (Wildman–Crippen MR) is 90.7 cm³/mol. The Morgan fingerprint density at radius 3 is 2.79 bits per heavy atom. The lowest BCUT2D eigenvalue weighted by atomic mass is 10.3. The van der Waals surface area contributed by atoms with Crippen molar-refractivity contribution in [1.82, 2.24) is 9.97 Å². The topological polar surface area (TPSA) is 88.6 Å². The van der Waals surface area contributed by atoms with Crippen molar-refractivity contribution in [1.29, 1.82) is 0 Å². The fraction of sp³-hybridized carbons (Fsp3) is 0.312. The molecule has 0 radical (unpaired) electrons. The number of ether oxygens (including phenoxy) is 2. The summed E-state index contributed by atoms with van der Waals surface area (Å²) in [6.45, 7) is 2.87. The van der Waals surface area contributed by atoms with Gasteiger partial charge in [-0.3, -0.25) is 5.32 Å². The number of anilines is 3. The number of nitrogens with zero attached hydrogens (tertiary/aromatic N) is 3. The highest BCUT2D eigenvalue weighted by Gasteiger charge is 2.14. The van der Waals surface area contributed by atoms with E-state index in [2.05, 4.69) is 25.5 Å². The molecular formula is C16H19N5O3. The van der Waals surface area contributed by atoms with E-state index in [0.717, 1.165) is 18.9 Å². The maximum absolute atomic E-state index is 12.2. The van der Waals surface area contributed by atoms with Gasteiger partial charge >= 0.3 is 6.03 Å². The van der Waals surface area contributed by atoms with Crippen LogP contribution in [0, 0.1) is 0 Å². The highest BCUT2D eigenvalue weighted by molar-refractivity contribution is 6.00. The predicted octanol–water partition coefficient (Wildman–Crippen LogP) is 1.97. The van der Waals surface area contributed by atoms with E-state index in [0.29, 0.717) is 30.5 Å². The monoisotopic (exact) mass is 329 g/mol. The number of amides is 2. The lowest BCUT2D eigenvalue weighted by Gasteiger charge is -2.27. The van der Waals surface area contributed by atoms with E-state index in [4.69, 9.17) is 9.47 Å². The largest absolute Gasteiger partial charge is 0.495 e. The van der Waals surface area contributed by atoms with Crippen LogP contribution in [0.25, 0.3) is 0 Å². The second kappa shape index (κ2) is 7.60. The fourth-order valence-electron chi connectivity index (χ4n) is 2.40. The Kier molecular flexibility index (Phi) is 5.07. The molecule has 0 unspecified atom stereocenters. The van der Waals surface area contributed by atoms with Crippen LogP contribution in [0.15, 0.2) is 36.7 Å². The number of carbonyl (C=O) groups excluding carboxylic acids is 1. The number of hydrogen-bond acceptors (Lipinski definition) is 6. The lowest BCUT2D eigenvalue weighted by Crippen LogP contribution is -2.36. The molecule has 0 aliphatic carbocycles. The van der Waals surface area contributed by atoms with Gasteiger partial charge < -0.3 is 19.7 Å². The molecule has 0 bridgehead atoms. The summed E-state index contributed by atoms with van der Waals surface area (Å²) in [5.41, 5.74) is 0.583. The number of morpholine rings is 1. The third-order valence-corrected chi connectivity index (χ3v) is 3.58. The lowest BCUT2D eigenvalue weighted by molar-refractivity contribution is 0.122. The molecule has 1 aliphatic rings. The van der Waals surface area contributed by atoms with Gasteiger partial charge in [-0.05, 0) is 12.1 Å². The molecule has 24 heavy (non-hydrogen) atoms. The summed E-state index contributed by atoms with van der Waals surface area (Å²) in [6, 6.07) is 8.54. The molecule has 0 atom stereocenters. The average Bonchev–Trinajstić information content (AvgIpc) is 2.63. The zero-order valence-corrected chi connectivity index (χ0v) is 13.4. The third-order valence-electron chi connectivity index (χ3n) is 3.58. The highest BCUT2D eigenvalue weighted by atomic mass is 16.5. The van der Waals surface area contributed by atoms with Gasteiger partial charge in [0.15, 0.2) is 0 Å². The van der Waals surface area contributed by atoms with Crippen molar-refractivity contribution in [3.63, 3.8) is 0 Å². The van der Waals surface area contributed by atoms with E-state index in [-0.39, 0.29) is 0 Å². The Bertz CT molecular complexity index is 704. The van der Waals surface area contributed by atoms with Crippen molar-refractivity contribution in [2.75, 3.05) is 48.9 Å². The van der Waals surface area contributed by atoms with Crippen LogP contribution in [-0.2, 0) is 4.74 Å². The number of carbonyl (C=O) groups is 1. The summed E-state index contributed by atoms with van der Waals surface area (Å²) in [5, 5.41) is 5.45. The summed E-state index contributed by atoms with van der Waals surface area (Å²) in [5.74, 6) is 1.78. The first-order valence-electron chi connectivity index (χ1n) is 7.62. The average molecular weight is 329 g/mol. The Labute approximate surface area is 139 Å². The first-order valence-corrected chi connectivity index (χ1v) is 7.62. The number of aromatic nitrogens is 2. The summed E-state index contributed by atoms with van der Waals surface area (Å²) < 4.78 is 10.5. The Hall–Kier alpha value is -2.87. The molecule has 2 N–H and O–H groups in total. The quantitative estimate of drug-likeness (QED) is 0.891. The number of rotatable bonds is 4. The van der Waals surface area contributed by atoms with Crippen LogP contribution in [0.2, 0.25) is 0 Å². The van der Waals surface area contributed by atoms with Crippen LogP contribution >= 0.6 is 0 Å². The van der Waals surface area contributed by atoms with Crippen molar-refractivity contribution in [2.24, 2.45) is 0 Å². The van der Waals surface area contributed by atoms with Crippen LogP contribution in [0.1, 0.15) is 0 Å². The molecular weight excluding hydrogens is 310 g/mol. The zero-order chi connectivity index (χ0) is 16.8. The summed E-state index contributed by atoms with van der Waals surface area (Å²) in [6.07, 6.45) is 1.43. The van der Waals surface area contributed by atoms with E-state index in [1.165, 1.54) is 6.33 Å². The molecule has 1 aliphatic heterocycles. The van der Waals surface area contributed by atoms with E-state index in [1.807, 2.05) is 12.1 Å². The first-order chi connectivity index (χ1) is 11.8. The van der Waals surface area contributed by atoms with Gasteiger partial charge in [-0.15, -0.1) is 0 Å². The van der Waals surface area contributed by atoms with Crippen LogP contribution in [0.4, 0.5) is 22.1 Å². The Morgan fingerprint density at radius 2 is 2.00 bits per heavy atom. The van der Waals surface area contributed by atoms with Crippen LogP contribution < -0.4 is 20.3 Å². The fourth-order valence-corrected chi connectivity index (χ4v) is 2.40. The molecule has 8 heteroatoms. The molecule has 2 aromatic rings. The van der Waals surface area contributed by atoms with Gasteiger partial charge in [0, 0.05) is 19.2 Å². The minimum atomic E-state index is -0.397. The normalized spacial score (nSPS) is 14.1. The van der Waals surface area contributed by atoms with Gasteiger partial charge in [0.05, 0.1) is 26.0 Å². The molecule has 3 rings (SSSR count). The van der Waals surface area contributed by atoms with Crippen LogP contribution in [0.5, 0.6) is 5.75 Å². The van der Waals surface area contributed by atoms with Gasteiger partial charge in [-0.25, -0.2) is 14.8 Å². The summed E-state index contributed by atoms with van der Waals surface area (Å²) >= 11 is 0. The van der Waals surface area contributed by atoms with E-state index < -0.39 is 6.03 Å². The number of methoxy groups -OCH3 is 1. The second-order valence-corrected chi connectivity index (χ2v) is 5.14. The zero-order valence-electron chi connectivity index (χ0n) is 13.4. The highest BCUT2D eigenvalue weighted by Crippen LogP contribution is 2.23. The number of nitrogens with one attached hydrogen (secondary N) is 2. The maximum atomic E-state index is 12.2. The SMILES string of the molecule is COc1ccccc1NC(=O)Nc1cc(N2CCOCC2)ncn1. The van der Waals surface area contributed by atoms with Gasteiger partial charge in [0.25, 0.3) is 0 Å². The summed E-state index contributed by atoms with van der Waals surface area (Å²) in [7, 11) is 1.55. The molecule has 1 aromatic carbocycles. The molecule has 2 heterocycles. The number of urea groups is 1. The maximum Gasteiger partial charge on any atom is 0.324 e. The van der Waals surface area contributed by atoms with Gasteiger partial charge in [-0.1, -0.05) is 12.1 Å². The van der Waals surface area contributed by atoms with Crippen LogP contribution in [-0.4, -0.2) is 49.4 Å². The minimum absolute atomic E-state index is 0.397. The Balaban J connectivity index is 1.66. The van der Waals surface area contributed by atoms with Crippen molar-refractivity contribution >= 4 is 23.4 Å². The van der Waals surface area contributed by atoms with Crippen LogP contribution in [0.3, 0.4) is 0 Å². The van der Waals surface area contributed by atoms with Crippen molar-refractivity contribution in [3.05, 3.63) is 36.7 Å². The molecule has 1 aromatic heterocycles. The molecule has 0 spiro atoms. The number of para-hydroxylation sites is 2. The first kappa shape index (κ1) is 16.0. The van der Waals surface area contributed by atoms with Crippen molar-refractivity contribution < 1.29 is 14.3 Å². The standard InChI is InChI=1S/C16H19N5O3/c1-23-13-5-3-2-4-12(13)19-16(22)20-14-10-15(18-11-17-14)21-6-8-24-9-7-21/h2-5,10-11H,6-9H2,1H3,(H2,17,18,19,20,22).